The second-order valence-electron chi connectivity index (χ2n) is 2.66. The zero-order chi connectivity index (χ0) is 8.55. The van der Waals surface area contributed by atoms with Crippen molar-refractivity contribution in [1.82, 2.24) is 14.8 Å². The van der Waals surface area contributed by atoms with E-state index in [-0.39, 0.29) is 0 Å². The number of thiazole rings is 1. The van der Waals surface area contributed by atoms with Gasteiger partial charge in [-0.1, -0.05) is 0 Å². The third-order valence-electron chi connectivity index (χ3n) is 1.80. The molecule has 0 aromatic carbocycles. The van der Waals surface area contributed by atoms with Crippen molar-refractivity contribution in [3.8, 4) is 10.6 Å². The lowest BCUT2D eigenvalue weighted by molar-refractivity contribution is 0.743. The minimum Gasteiger partial charge on any atom is -0.272 e. The van der Waals surface area contributed by atoms with Crippen LogP contribution >= 0.6 is 11.3 Å². The van der Waals surface area contributed by atoms with Crippen LogP contribution in [0.15, 0.2) is 17.8 Å². The quantitative estimate of drug-likeness (QED) is 0.669. The van der Waals surface area contributed by atoms with Crippen molar-refractivity contribution < 1.29 is 0 Å². The van der Waals surface area contributed by atoms with Crippen LogP contribution in [-0.4, -0.2) is 14.8 Å². The van der Waals surface area contributed by atoms with E-state index in [1.807, 2.05) is 30.4 Å². The predicted molar refractivity (Wildman–Crippen MR) is 49.1 cm³/mol. The predicted octanol–water partition coefficient (Wildman–Crippen LogP) is 1.85. The zero-order valence-electron chi connectivity index (χ0n) is 6.98. The molecule has 0 radical (unpaired) electrons. The molecule has 0 aliphatic carbocycles. The molecule has 0 unspecified atom stereocenters. The lowest BCUT2D eigenvalue weighted by Gasteiger charge is -1.88. The van der Waals surface area contributed by atoms with E-state index in [0.29, 0.717) is 0 Å². The van der Waals surface area contributed by atoms with Crippen molar-refractivity contribution in [3.05, 3.63) is 23.5 Å². The smallest absolute Gasteiger partial charge is 0.104 e. The molecule has 0 aliphatic rings. The summed E-state index contributed by atoms with van der Waals surface area (Å²) in [6, 6.07) is 2.06. The topological polar surface area (TPSA) is 30.7 Å². The lowest BCUT2D eigenvalue weighted by Crippen LogP contribution is -1.91. The van der Waals surface area contributed by atoms with Crippen LogP contribution in [0.2, 0.25) is 0 Å². The summed E-state index contributed by atoms with van der Waals surface area (Å²) < 4.78 is 1.87. The van der Waals surface area contributed by atoms with Gasteiger partial charge in [-0.15, -0.1) is 11.3 Å². The van der Waals surface area contributed by atoms with E-state index in [9.17, 15) is 0 Å². The molecule has 0 atom stereocenters. The Morgan fingerprint density at radius 3 is 2.83 bits per heavy atom. The molecule has 0 spiro atoms. The van der Waals surface area contributed by atoms with E-state index in [1.165, 1.54) is 5.69 Å². The summed E-state index contributed by atoms with van der Waals surface area (Å²) in [5, 5.41) is 4.34. The van der Waals surface area contributed by atoms with Crippen molar-refractivity contribution >= 4 is 11.3 Å². The van der Waals surface area contributed by atoms with Gasteiger partial charge in [0.2, 0.25) is 0 Å². The maximum Gasteiger partial charge on any atom is 0.104 e. The van der Waals surface area contributed by atoms with E-state index in [2.05, 4.69) is 16.1 Å². The number of aromatic nitrogens is 3. The first kappa shape index (κ1) is 7.49. The normalized spacial score (nSPS) is 10.5. The van der Waals surface area contributed by atoms with Crippen LogP contribution in [0.4, 0.5) is 0 Å². The van der Waals surface area contributed by atoms with Crippen LogP contribution in [0.1, 0.15) is 5.69 Å². The Morgan fingerprint density at radius 1 is 1.50 bits per heavy atom. The molecule has 0 saturated heterocycles. The Labute approximate surface area is 74.7 Å². The van der Waals surface area contributed by atoms with Gasteiger partial charge in [0.1, 0.15) is 5.69 Å². The molecule has 62 valence electrons. The molecule has 2 aromatic rings. The molecule has 2 heterocycles. The Balaban J connectivity index is 2.48. The molecule has 0 amide bonds. The molecular formula is C8H9N3S. The van der Waals surface area contributed by atoms with Crippen LogP contribution in [0.3, 0.4) is 0 Å². The van der Waals surface area contributed by atoms with Crippen LogP contribution in [-0.2, 0) is 7.05 Å². The lowest BCUT2D eigenvalue weighted by atomic mass is 10.3. The molecule has 0 aliphatic heterocycles. The molecule has 0 bridgehead atoms. The largest absolute Gasteiger partial charge is 0.272 e. The van der Waals surface area contributed by atoms with Gasteiger partial charge < -0.3 is 0 Å². The number of nitrogens with zero attached hydrogens (tertiary/aromatic N) is 3. The van der Waals surface area contributed by atoms with Gasteiger partial charge in [-0.2, -0.15) is 5.10 Å². The van der Waals surface area contributed by atoms with E-state index < -0.39 is 0 Å². The highest BCUT2D eigenvalue weighted by Gasteiger charge is 2.04. The summed E-state index contributed by atoms with van der Waals surface area (Å²) in [4.78, 5) is 5.13. The number of aryl methyl sites for hydroxylation is 2. The molecule has 0 saturated carbocycles. The highest BCUT2D eigenvalue weighted by Crippen LogP contribution is 2.21. The Bertz CT molecular complexity index is 355. The van der Waals surface area contributed by atoms with Crippen molar-refractivity contribution in [3.63, 3.8) is 0 Å². The summed E-state index contributed by atoms with van der Waals surface area (Å²) in [6.07, 6.45) is 1.84. The Kier molecular flexibility index (Phi) is 1.69. The van der Waals surface area contributed by atoms with Crippen molar-refractivity contribution in [2.45, 2.75) is 6.92 Å². The fourth-order valence-electron chi connectivity index (χ4n) is 1.02. The van der Waals surface area contributed by atoms with Crippen LogP contribution < -0.4 is 0 Å². The Hall–Kier alpha value is -1.16. The maximum atomic E-state index is 4.34. The molecule has 0 fully saturated rings. The Morgan fingerprint density at radius 2 is 2.33 bits per heavy atom. The van der Waals surface area contributed by atoms with Gasteiger partial charge in [-0.3, -0.25) is 9.67 Å². The molecule has 2 rings (SSSR count). The second-order valence-corrected chi connectivity index (χ2v) is 3.55. The molecular weight excluding hydrogens is 170 g/mol. The number of hydrogen-bond acceptors (Lipinski definition) is 3. The molecule has 2 aromatic heterocycles. The highest BCUT2D eigenvalue weighted by atomic mass is 32.1. The zero-order valence-corrected chi connectivity index (χ0v) is 7.80. The van der Waals surface area contributed by atoms with Crippen LogP contribution in [0, 0.1) is 6.92 Å². The molecule has 12 heavy (non-hydrogen) atoms. The van der Waals surface area contributed by atoms with E-state index >= 15 is 0 Å². The first-order valence-corrected chi connectivity index (χ1v) is 4.55. The van der Waals surface area contributed by atoms with Crippen LogP contribution in [0.25, 0.3) is 10.6 Å². The van der Waals surface area contributed by atoms with Crippen LogP contribution in [0.5, 0.6) is 0 Å². The fourth-order valence-corrected chi connectivity index (χ4v) is 1.60. The minimum atomic E-state index is 1.01. The standard InChI is InChI=1S/C8H9N3S/c1-6-3-7(10-11(6)2)8-4-9-5-12-8/h3-5H,1-2H3. The van der Waals surface area contributed by atoms with Crippen molar-refractivity contribution in [2.24, 2.45) is 7.05 Å². The summed E-state index contributed by atoms with van der Waals surface area (Å²) in [5.74, 6) is 0. The van der Waals surface area contributed by atoms with Gasteiger partial charge in [0.05, 0.1) is 10.4 Å². The number of hydrogen-bond donors (Lipinski definition) is 0. The van der Waals surface area contributed by atoms with Gasteiger partial charge in [-0.25, -0.2) is 0 Å². The van der Waals surface area contributed by atoms with Gasteiger partial charge in [0.25, 0.3) is 0 Å². The van der Waals surface area contributed by atoms with Gasteiger partial charge in [-0.05, 0) is 13.0 Å². The first-order valence-electron chi connectivity index (χ1n) is 3.67. The van der Waals surface area contributed by atoms with Gasteiger partial charge in [0.15, 0.2) is 0 Å². The first-order chi connectivity index (χ1) is 5.77. The average Bonchev–Trinajstić information content (AvgIpc) is 2.61. The van der Waals surface area contributed by atoms with Crippen molar-refractivity contribution in [1.29, 1.82) is 0 Å². The van der Waals surface area contributed by atoms with Crippen molar-refractivity contribution in [2.75, 3.05) is 0 Å². The summed E-state index contributed by atoms with van der Waals surface area (Å²) in [5.41, 5.74) is 4.00. The average molecular weight is 179 g/mol. The third-order valence-corrected chi connectivity index (χ3v) is 2.59. The minimum absolute atomic E-state index is 1.01. The summed E-state index contributed by atoms with van der Waals surface area (Å²) >= 11 is 1.61. The number of rotatable bonds is 1. The van der Waals surface area contributed by atoms with E-state index in [0.717, 1.165) is 10.6 Å². The summed E-state index contributed by atoms with van der Waals surface area (Å²) in [7, 11) is 1.94. The monoisotopic (exact) mass is 179 g/mol. The van der Waals surface area contributed by atoms with Gasteiger partial charge >= 0.3 is 0 Å². The molecule has 4 heteroatoms. The highest BCUT2D eigenvalue weighted by molar-refractivity contribution is 7.13. The second kappa shape index (κ2) is 2.71. The molecule has 0 N–H and O–H groups in total. The SMILES string of the molecule is Cc1cc(-c2cncs2)nn1C. The molecule has 3 nitrogen and oxygen atoms in total. The fraction of sp³-hybridized carbons (Fsp3) is 0.250. The van der Waals surface area contributed by atoms with E-state index in [1.54, 1.807) is 11.3 Å². The van der Waals surface area contributed by atoms with E-state index in [4.69, 9.17) is 0 Å². The third kappa shape index (κ3) is 1.14. The maximum absolute atomic E-state index is 4.34. The summed E-state index contributed by atoms with van der Waals surface area (Å²) in [6.45, 7) is 2.04. The van der Waals surface area contributed by atoms with Gasteiger partial charge in [0, 0.05) is 18.9 Å².